The van der Waals surface area contributed by atoms with Crippen LogP contribution in [0.3, 0.4) is 0 Å². The van der Waals surface area contributed by atoms with Crippen molar-refractivity contribution in [1.82, 2.24) is 10.2 Å². The Bertz CT molecular complexity index is 431. The van der Waals surface area contributed by atoms with Gasteiger partial charge in [0.25, 0.3) is 5.91 Å². The number of rotatable bonds is 5. The van der Waals surface area contributed by atoms with Crippen molar-refractivity contribution in [3.05, 3.63) is 35.4 Å². The molecule has 1 aromatic carbocycles. The Morgan fingerprint density at radius 1 is 1.32 bits per heavy atom. The molecule has 1 aromatic rings. The van der Waals surface area contributed by atoms with Gasteiger partial charge in [0.2, 0.25) is 0 Å². The smallest absolute Gasteiger partial charge is 0.409 e. The van der Waals surface area contributed by atoms with Crippen molar-refractivity contribution in [3.8, 4) is 0 Å². The number of amides is 2. The number of aliphatic hydroxyl groups excluding tert-OH is 1. The molecule has 0 aliphatic heterocycles. The van der Waals surface area contributed by atoms with Gasteiger partial charge in [-0.1, -0.05) is 12.1 Å². The van der Waals surface area contributed by atoms with E-state index in [1.54, 1.807) is 38.4 Å². The third-order valence-electron chi connectivity index (χ3n) is 2.49. The van der Waals surface area contributed by atoms with E-state index in [-0.39, 0.29) is 19.1 Å². The van der Waals surface area contributed by atoms with Gasteiger partial charge in [0.1, 0.15) is 6.61 Å². The first-order valence-electron chi connectivity index (χ1n) is 5.88. The zero-order valence-electron chi connectivity index (χ0n) is 11.0. The largest absolute Gasteiger partial charge is 0.447 e. The Labute approximate surface area is 112 Å². The van der Waals surface area contributed by atoms with Gasteiger partial charge in [0, 0.05) is 26.2 Å². The molecule has 6 heteroatoms. The van der Waals surface area contributed by atoms with E-state index in [0.717, 1.165) is 5.56 Å². The predicted octanol–water partition coefficient (Wildman–Crippen LogP) is 0.607. The fraction of sp³-hybridized carbons (Fsp3) is 0.385. The topological polar surface area (TPSA) is 78.9 Å². The molecule has 0 fully saturated rings. The first-order chi connectivity index (χ1) is 9.08. The molecular formula is C13H18N2O4. The normalized spacial score (nSPS) is 9.84. The maximum Gasteiger partial charge on any atom is 0.409 e. The number of hydrogen-bond donors (Lipinski definition) is 2. The van der Waals surface area contributed by atoms with Gasteiger partial charge in [-0.3, -0.25) is 4.79 Å². The molecule has 0 aliphatic rings. The van der Waals surface area contributed by atoms with Gasteiger partial charge in [-0.05, 0) is 17.7 Å². The number of carbonyl (C=O) groups excluding carboxylic acids is 2. The molecule has 6 nitrogen and oxygen atoms in total. The van der Waals surface area contributed by atoms with Crippen LogP contribution in [0.2, 0.25) is 0 Å². The van der Waals surface area contributed by atoms with E-state index >= 15 is 0 Å². The Hall–Kier alpha value is -2.08. The van der Waals surface area contributed by atoms with Crippen molar-refractivity contribution in [2.45, 2.75) is 6.54 Å². The molecule has 0 unspecified atom stereocenters. The van der Waals surface area contributed by atoms with E-state index in [4.69, 9.17) is 9.84 Å². The zero-order valence-corrected chi connectivity index (χ0v) is 11.0. The third kappa shape index (κ3) is 4.59. The summed E-state index contributed by atoms with van der Waals surface area (Å²) in [5.41, 5.74) is 1.45. The fourth-order valence-corrected chi connectivity index (χ4v) is 1.49. The highest BCUT2D eigenvalue weighted by molar-refractivity contribution is 5.93. The van der Waals surface area contributed by atoms with Crippen molar-refractivity contribution < 1.29 is 19.4 Å². The maximum atomic E-state index is 11.5. The monoisotopic (exact) mass is 266 g/mol. The van der Waals surface area contributed by atoms with Crippen molar-refractivity contribution >= 4 is 12.0 Å². The van der Waals surface area contributed by atoms with E-state index in [2.05, 4.69) is 5.32 Å². The van der Waals surface area contributed by atoms with E-state index in [1.807, 2.05) is 0 Å². The molecule has 19 heavy (non-hydrogen) atoms. The van der Waals surface area contributed by atoms with Crippen LogP contribution < -0.4 is 5.32 Å². The molecule has 0 bridgehead atoms. The maximum absolute atomic E-state index is 11.5. The summed E-state index contributed by atoms with van der Waals surface area (Å²) in [5.74, 6) is -0.151. The van der Waals surface area contributed by atoms with Gasteiger partial charge in [-0.2, -0.15) is 0 Å². The molecule has 2 amide bonds. The minimum Gasteiger partial charge on any atom is -0.447 e. The number of nitrogens with one attached hydrogen (secondary N) is 1. The second-order valence-corrected chi connectivity index (χ2v) is 3.97. The summed E-state index contributed by atoms with van der Waals surface area (Å²) in [6, 6.07) is 6.95. The molecule has 0 aliphatic carbocycles. The molecule has 0 aromatic heterocycles. The molecule has 0 atom stereocenters. The minimum atomic E-state index is -0.496. The van der Waals surface area contributed by atoms with Gasteiger partial charge in [-0.15, -0.1) is 0 Å². The predicted molar refractivity (Wildman–Crippen MR) is 69.7 cm³/mol. The second-order valence-electron chi connectivity index (χ2n) is 3.97. The van der Waals surface area contributed by atoms with Crippen LogP contribution in [0.1, 0.15) is 15.9 Å². The number of ether oxygens (including phenoxy) is 1. The molecule has 0 saturated heterocycles. The van der Waals surface area contributed by atoms with Gasteiger partial charge in [0.15, 0.2) is 0 Å². The van der Waals surface area contributed by atoms with E-state index in [9.17, 15) is 9.59 Å². The van der Waals surface area contributed by atoms with Crippen molar-refractivity contribution in [1.29, 1.82) is 0 Å². The Balaban J connectivity index is 2.57. The number of nitrogens with zero attached hydrogens (tertiary/aromatic N) is 1. The van der Waals surface area contributed by atoms with Crippen LogP contribution in [0.5, 0.6) is 0 Å². The molecule has 0 heterocycles. The number of benzene rings is 1. The van der Waals surface area contributed by atoms with Crippen molar-refractivity contribution in [3.63, 3.8) is 0 Å². The summed E-state index contributed by atoms with van der Waals surface area (Å²) >= 11 is 0. The van der Waals surface area contributed by atoms with E-state index < -0.39 is 6.09 Å². The summed E-state index contributed by atoms with van der Waals surface area (Å²) in [5, 5.41) is 11.1. The lowest BCUT2D eigenvalue weighted by atomic mass is 10.1. The second kappa shape index (κ2) is 7.38. The van der Waals surface area contributed by atoms with Crippen molar-refractivity contribution in [2.75, 3.05) is 27.3 Å². The molecule has 1 rings (SSSR count). The number of hydrogen-bond acceptors (Lipinski definition) is 4. The number of carbonyl (C=O) groups is 2. The molecule has 0 spiro atoms. The highest BCUT2D eigenvalue weighted by atomic mass is 16.6. The molecule has 104 valence electrons. The van der Waals surface area contributed by atoms with Gasteiger partial charge < -0.3 is 20.1 Å². The highest BCUT2D eigenvalue weighted by Gasteiger charge is 2.10. The lowest BCUT2D eigenvalue weighted by Gasteiger charge is -2.16. The first-order valence-corrected chi connectivity index (χ1v) is 5.88. The minimum absolute atomic E-state index is 0.0151. The Morgan fingerprint density at radius 2 is 1.95 bits per heavy atom. The average Bonchev–Trinajstić information content (AvgIpc) is 2.44. The van der Waals surface area contributed by atoms with Crippen molar-refractivity contribution in [2.24, 2.45) is 0 Å². The highest BCUT2D eigenvalue weighted by Crippen LogP contribution is 2.07. The van der Waals surface area contributed by atoms with Crippen LogP contribution in [0.25, 0.3) is 0 Å². The summed E-state index contributed by atoms with van der Waals surface area (Å²) in [7, 11) is 3.17. The summed E-state index contributed by atoms with van der Waals surface area (Å²) in [4.78, 5) is 24.2. The van der Waals surface area contributed by atoms with Crippen LogP contribution in [-0.4, -0.2) is 49.3 Å². The van der Waals surface area contributed by atoms with Crippen LogP contribution in [0.15, 0.2) is 24.3 Å². The molecule has 0 saturated carbocycles. The lowest BCUT2D eigenvalue weighted by molar-refractivity contribution is 0.0893. The van der Waals surface area contributed by atoms with Crippen LogP contribution in [0.4, 0.5) is 4.79 Å². The SMILES string of the molecule is CNC(=O)c1ccc(CN(C)C(=O)OCCO)cc1. The summed E-state index contributed by atoms with van der Waals surface area (Å²) < 4.78 is 4.78. The summed E-state index contributed by atoms with van der Waals surface area (Å²) in [6.07, 6.45) is -0.496. The van der Waals surface area contributed by atoms with Gasteiger partial charge in [0.05, 0.1) is 6.61 Å². The van der Waals surface area contributed by atoms with Gasteiger partial charge >= 0.3 is 6.09 Å². The van der Waals surface area contributed by atoms with E-state index in [1.165, 1.54) is 4.90 Å². The van der Waals surface area contributed by atoms with Gasteiger partial charge in [-0.25, -0.2) is 4.79 Å². The van der Waals surface area contributed by atoms with Crippen LogP contribution in [0, 0.1) is 0 Å². The van der Waals surface area contributed by atoms with Crippen LogP contribution in [-0.2, 0) is 11.3 Å². The quantitative estimate of drug-likeness (QED) is 0.818. The average molecular weight is 266 g/mol. The Morgan fingerprint density at radius 3 is 2.47 bits per heavy atom. The molecular weight excluding hydrogens is 248 g/mol. The Kier molecular flexibility index (Phi) is 5.81. The summed E-state index contributed by atoms with van der Waals surface area (Å²) in [6.45, 7) is 0.164. The standard InChI is InChI=1S/C13H18N2O4/c1-14-12(17)11-5-3-10(4-6-11)9-15(2)13(18)19-8-7-16/h3-6,16H,7-9H2,1-2H3,(H,14,17). The molecule has 2 N–H and O–H groups in total. The van der Waals surface area contributed by atoms with E-state index in [0.29, 0.717) is 12.1 Å². The lowest BCUT2D eigenvalue weighted by Crippen LogP contribution is -2.27. The number of aliphatic hydroxyl groups is 1. The zero-order chi connectivity index (χ0) is 14.3. The van der Waals surface area contributed by atoms with Crippen LogP contribution >= 0.6 is 0 Å². The molecule has 0 radical (unpaired) electrons. The fourth-order valence-electron chi connectivity index (χ4n) is 1.49. The third-order valence-corrected chi connectivity index (χ3v) is 2.49. The first kappa shape index (κ1) is 15.0.